The number of aliphatic hydroxyl groups is 1. The zero-order valence-corrected chi connectivity index (χ0v) is 14.8. The van der Waals surface area contributed by atoms with E-state index in [4.69, 9.17) is 16.3 Å². The summed E-state index contributed by atoms with van der Waals surface area (Å²) in [7, 11) is 1.62. The van der Waals surface area contributed by atoms with Crippen molar-refractivity contribution in [3.8, 4) is 5.75 Å². The monoisotopic (exact) mass is 360 g/mol. The lowest BCUT2D eigenvalue weighted by Crippen LogP contribution is -2.44. The van der Waals surface area contributed by atoms with E-state index in [9.17, 15) is 9.90 Å². The molecule has 1 aliphatic rings. The highest BCUT2D eigenvalue weighted by Crippen LogP contribution is 2.36. The van der Waals surface area contributed by atoms with Gasteiger partial charge in [0, 0.05) is 0 Å². The van der Waals surface area contributed by atoms with Crippen molar-refractivity contribution in [1.29, 1.82) is 0 Å². The maximum absolute atomic E-state index is 12.2. The van der Waals surface area contributed by atoms with Crippen LogP contribution < -0.4 is 15.4 Å². The Morgan fingerprint density at radius 1 is 1.32 bits per heavy atom. The van der Waals surface area contributed by atoms with E-state index in [1.165, 1.54) is 0 Å². The Morgan fingerprint density at radius 3 is 2.88 bits per heavy atom. The van der Waals surface area contributed by atoms with E-state index in [1.54, 1.807) is 31.4 Å². The van der Waals surface area contributed by atoms with Gasteiger partial charge < -0.3 is 20.5 Å². The third-order valence-corrected chi connectivity index (χ3v) is 4.84. The number of anilines is 1. The topological polar surface area (TPSA) is 70.6 Å². The lowest BCUT2D eigenvalue weighted by Gasteiger charge is -2.34. The zero-order chi connectivity index (χ0) is 17.9. The van der Waals surface area contributed by atoms with Crippen molar-refractivity contribution in [3.63, 3.8) is 0 Å². The predicted octanol–water partition coefficient (Wildman–Crippen LogP) is 3.69. The molecule has 0 heterocycles. The summed E-state index contributed by atoms with van der Waals surface area (Å²) in [5.74, 6) is 0.771. The summed E-state index contributed by atoms with van der Waals surface area (Å²) >= 11 is 6.04. The maximum Gasteiger partial charge on any atom is 0.319 e. The molecule has 2 aromatic carbocycles. The Hall–Kier alpha value is -2.24. The molecule has 0 saturated carbocycles. The fraction of sp³-hybridized carbons (Fsp3) is 0.316. The molecule has 0 unspecified atom stereocenters. The van der Waals surface area contributed by atoms with Crippen LogP contribution in [0.15, 0.2) is 42.5 Å². The summed E-state index contributed by atoms with van der Waals surface area (Å²) < 4.78 is 5.25. The number of ether oxygens (including phenoxy) is 1. The van der Waals surface area contributed by atoms with Gasteiger partial charge in [-0.2, -0.15) is 0 Å². The highest BCUT2D eigenvalue weighted by atomic mass is 35.5. The number of rotatable bonds is 4. The van der Waals surface area contributed by atoms with Gasteiger partial charge in [-0.3, -0.25) is 0 Å². The van der Waals surface area contributed by atoms with Crippen LogP contribution in [0.5, 0.6) is 5.75 Å². The van der Waals surface area contributed by atoms with Gasteiger partial charge in [0.25, 0.3) is 0 Å². The quantitative estimate of drug-likeness (QED) is 0.778. The van der Waals surface area contributed by atoms with Gasteiger partial charge in [-0.25, -0.2) is 4.79 Å². The van der Waals surface area contributed by atoms with Gasteiger partial charge in [-0.15, -0.1) is 0 Å². The summed E-state index contributed by atoms with van der Waals surface area (Å²) in [5, 5.41) is 17.0. The number of amides is 2. The van der Waals surface area contributed by atoms with Crippen molar-refractivity contribution in [2.75, 3.05) is 19.0 Å². The van der Waals surface area contributed by atoms with E-state index in [1.807, 2.05) is 18.2 Å². The number of carbonyl (C=O) groups excluding carboxylic acids is 1. The minimum atomic E-state index is -1.09. The second-order valence-electron chi connectivity index (χ2n) is 6.20. The molecule has 3 rings (SSSR count). The van der Waals surface area contributed by atoms with Crippen LogP contribution in [0.3, 0.4) is 0 Å². The SMILES string of the molecule is COc1ccc2c(c1)CCC[C@@]2(O)CNC(=O)Nc1ccccc1Cl. The van der Waals surface area contributed by atoms with Crippen LogP contribution in [-0.2, 0) is 12.0 Å². The summed E-state index contributed by atoms with van der Waals surface area (Å²) in [4.78, 5) is 12.2. The standard InChI is InChI=1S/C19H21ClN2O3/c1-25-14-8-9-15-13(11-14)5-4-10-19(15,24)12-21-18(23)22-17-7-3-2-6-16(17)20/h2-3,6-9,11,24H,4-5,10,12H2,1H3,(H2,21,22,23)/t19-/m1/s1. The van der Waals surface area contributed by atoms with Crippen molar-refractivity contribution in [2.24, 2.45) is 0 Å². The molecule has 0 bridgehead atoms. The van der Waals surface area contributed by atoms with Gasteiger partial charge in [0.05, 0.1) is 24.4 Å². The number of urea groups is 1. The van der Waals surface area contributed by atoms with E-state index in [-0.39, 0.29) is 6.54 Å². The fourth-order valence-corrected chi connectivity index (χ4v) is 3.39. The molecule has 5 nitrogen and oxygen atoms in total. The molecule has 0 aliphatic heterocycles. The number of hydrogen-bond acceptors (Lipinski definition) is 3. The van der Waals surface area contributed by atoms with E-state index < -0.39 is 11.6 Å². The van der Waals surface area contributed by atoms with Crippen LogP contribution in [0.1, 0.15) is 24.0 Å². The maximum atomic E-state index is 12.2. The first-order valence-corrected chi connectivity index (χ1v) is 8.59. The second kappa shape index (κ2) is 7.33. The van der Waals surface area contributed by atoms with Crippen molar-refractivity contribution in [1.82, 2.24) is 5.32 Å². The minimum absolute atomic E-state index is 0.128. The first kappa shape index (κ1) is 17.6. The summed E-state index contributed by atoms with van der Waals surface area (Å²) in [6, 6.07) is 12.3. The molecule has 1 atom stereocenters. The number of methoxy groups -OCH3 is 1. The van der Waals surface area contributed by atoms with Crippen molar-refractivity contribution < 1.29 is 14.6 Å². The Labute approximate surface area is 152 Å². The van der Waals surface area contributed by atoms with Gasteiger partial charge in [-0.1, -0.05) is 29.8 Å². The van der Waals surface area contributed by atoms with Gasteiger partial charge >= 0.3 is 6.03 Å². The van der Waals surface area contributed by atoms with E-state index >= 15 is 0 Å². The van der Waals surface area contributed by atoms with Gasteiger partial charge in [0.2, 0.25) is 0 Å². The third-order valence-electron chi connectivity index (χ3n) is 4.51. The second-order valence-corrected chi connectivity index (χ2v) is 6.60. The number of halogens is 1. The number of fused-ring (bicyclic) bond motifs is 1. The average Bonchev–Trinajstić information content (AvgIpc) is 2.62. The lowest BCUT2D eigenvalue weighted by molar-refractivity contribution is 0.0220. The molecule has 2 aromatic rings. The zero-order valence-electron chi connectivity index (χ0n) is 14.0. The molecule has 0 saturated heterocycles. The number of hydrogen-bond donors (Lipinski definition) is 3. The first-order chi connectivity index (χ1) is 12.0. The Balaban J connectivity index is 1.69. The predicted molar refractivity (Wildman–Crippen MR) is 98.3 cm³/mol. The van der Waals surface area contributed by atoms with E-state index in [2.05, 4.69) is 10.6 Å². The number of benzene rings is 2. The molecule has 0 aromatic heterocycles. The largest absolute Gasteiger partial charge is 0.497 e. The lowest BCUT2D eigenvalue weighted by atomic mass is 9.79. The van der Waals surface area contributed by atoms with E-state index in [0.717, 1.165) is 29.7 Å². The van der Waals surface area contributed by atoms with Gasteiger partial charge in [0.1, 0.15) is 11.4 Å². The molecular formula is C19H21ClN2O3. The van der Waals surface area contributed by atoms with Gasteiger partial charge in [-0.05, 0) is 54.7 Å². The number of para-hydroxylation sites is 1. The van der Waals surface area contributed by atoms with Crippen LogP contribution in [0.2, 0.25) is 5.02 Å². The van der Waals surface area contributed by atoms with Crippen molar-refractivity contribution >= 4 is 23.3 Å². The van der Waals surface area contributed by atoms with Crippen LogP contribution in [0.4, 0.5) is 10.5 Å². The van der Waals surface area contributed by atoms with Crippen LogP contribution in [0.25, 0.3) is 0 Å². The first-order valence-electron chi connectivity index (χ1n) is 8.21. The van der Waals surface area contributed by atoms with Crippen LogP contribution in [0, 0.1) is 0 Å². The molecule has 0 spiro atoms. The Kier molecular flexibility index (Phi) is 5.16. The molecule has 132 valence electrons. The number of carbonyl (C=O) groups is 1. The highest BCUT2D eigenvalue weighted by Gasteiger charge is 2.34. The van der Waals surface area contributed by atoms with E-state index in [0.29, 0.717) is 17.1 Å². The van der Waals surface area contributed by atoms with Crippen LogP contribution in [-0.4, -0.2) is 24.8 Å². The molecule has 0 fully saturated rings. The third kappa shape index (κ3) is 3.89. The fourth-order valence-electron chi connectivity index (χ4n) is 3.20. The molecule has 3 N–H and O–H groups in total. The molecule has 1 aliphatic carbocycles. The molecule has 0 radical (unpaired) electrons. The molecule has 2 amide bonds. The van der Waals surface area contributed by atoms with Crippen molar-refractivity contribution in [2.45, 2.75) is 24.9 Å². The molecular weight excluding hydrogens is 340 g/mol. The molecule has 6 heteroatoms. The average molecular weight is 361 g/mol. The van der Waals surface area contributed by atoms with Gasteiger partial charge in [0.15, 0.2) is 0 Å². The Morgan fingerprint density at radius 2 is 2.12 bits per heavy atom. The Bertz CT molecular complexity index is 781. The number of nitrogens with one attached hydrogen (secondary N) is 2. The number of aryl methyl sites for hydroxylation is 1. The highest BCUT2D eigenvalue weighted by molar-refractivity contribution is 6.33. The minimum Gasteiger partial charge on any atom is -0.497 e. The molecule has 25 heavy (non-hydrogen) atoms. The smallest absolute Gasteiger partial charge is 0.319 e. The summed E-state index contributed by atoms with van der Waals surface area (Å²) in [6.07, 6.45) is 2.34. The summed E-state index contributed by atoms with van der Waals surface area (Å²) in [5.41, 5.74) is 1.35. The normalized spacial score (nSPS) is 19.0. The summed E-state index contributed by atoms with van der Waals surface area (Å²) in [6.45, 7) is 0.128. The van der Waals surface area contributed by atoms with Crippen LogP contribution >= 0.6 is 11.6 Å². The van der Waals surface area contributed by atoms with Crippen molar-refractivity contribution in [3.05, 3.63) is 58.6 Å².